The average molecular weight is 293 g/mol. The van der Waals surface area contributed by atoms with Crippen molar-refractivity contribution in [2.24, 2.45) is 0 Å². The van der Waals surface area contributed by atoms with Gasteiger partial charge in [0.15, 0.2) is 0 Å². The van der Waals surface area contributed by atoms with Crippen LogP contribution in [0.2, 0.25) is 0 Å². The van der Waals surface area contributed by atoms with Crippen molar-refractivity contribution in [3.05, 3.63) is 65.7 Å². The highest BCUT2D eigenvalue weighted by Crippen LogP contribution is 2.28. The van der Waals surface area contributed by atoms with Crippen LogP contribution in [0.3, 0.4) is 0 Å². The minimum absolute atomic E-state index is 0.119. The molecule has 0 saturated carbocycles. The van der Waals surface area contributed by atoms with E-state index in [1.807, 2.05) is 19.1 Å². The number of nitrogens with one attached hydrogen (secondary N) is 1. The molecule has 3 N–H and O–H groups in total. The van der Waals surface area contributed by atoms with Crippen molar-refractivity contribution in [1.82, 2.24) is 0 Å². The molecular weight excluding hydrogens is 278 g/mol. The van der Waals surface area contributed by atoms with Crippen molar-refractivity contribution in [1.29, 1.82) is 0 Å². The fourth-order valence-corrected chi connectivity index (χ4v) is 2.39. The molecule has 3 aromatic rings. The lowest BCUT2D eigenvalue weighted by Gasteiger charge is -2.08. The van der Waals surface area contributed by atoms with Crippen molar-refractivity contribution in [2.45, 2.75) is 6.92 Å². The zero-order valence-corrected chi connectivity index (χ0v) is 12.0. The van der Waals surface area contributed by atoms with Crippen LogP contribution in [0.5, 0.6) is 11.5 Å². The van der Waals surface area contributed by atoms with Gasteiger partial charge in [-0.3, -0.25) is 4.79 Å². The summed E-state index contributed by atoms with van der Waals surface area (Å²) >= 11 is 0. The molecule has 0 aliphatic rings. The number of anilines is 1. The summed E-state index contributed by atoms with van der Waals surface area (Å²) in [4.78, 5) is 12.2. The van der Waals surface area contributed by atoms with Crippen molar-refractivity contribution < 1.29 is 15.0 Å². The summed E-state index contributed by atoms with van der Waals surface area (Å²) in [5.41, 5.74) is 2.06. The molecule has 0 radical (unpaired) electrons. The van der Waals surface area contributed by atoms with Crippen LogP contribution in [0, 0.1) is 6.92 Å². The maximum absolute atomic E-state index is 12.2. The number of carbonyl (C=O) groups is 1. The van der Waals surface area contributed by atoms with E-state index in [0.717, 1.165) is 16.3 Å². The summed E-state index contributed by atoms with van der Waals surface area (Å²) in [6.45, 7) is 1.90. The molecule has 3 rings (SSSR count). The van der Waals surface area contributed by atoms with Crippen LogP contribution in [-0.2, 0) is 0 Å². The van der Waals surface area contributed by atoms with Crippen LogP contribution in [0.4, 0.5) is 5.69 Å². The van der Waals surface area contributed by atoms with Gasteiger partial charge in [0.05, 0.1) is 0 Å². The lowest BCUT2D eigenvalue weighted by atomic mass is 10.1. The van der Waals surface area contributed by atoms with Gasteiger partial charge in [-0.1, -0.05) is 6.07 Å². The summed E-state index contributed by atoms with van der Waals surface area (Å²) in [6.07, 6.45) is 0. The van der Waals surface area contributed by atoms with Crippen molar-refractivity contribution in [2.75, 3.05) is 5.32 Å². The first-order chi connectivity index (χ1) is 10.5. The monoisotopic (exact) mass is 293 g/mol. The number of fused-ring (bicyclic) bond motifs is 1. The number of hydrogen-bond donors (Lipinski definition) is 3. The lowest BCUT2D eigenvalue weighted by molar-refractivity contribution is 0.102. The molecule has 3 aromatic carbocycles. The number of phenols is 2. The molecule has 4 heteroatoms. The van der Waals surface area contributed by atoms with Crippen LogP contribution in [0.25, 0.3) is 10.8 Å². The second kappa shape index (κ2) is 5.41. The van der Waals surface area contributed by atoms with Gasteiger partial charge in [-0.05, 0) is 66.4 Å². The maximum atomic E-state index is 12.2. The first kappa shape index (κ1) is 13.9. The number of hydrogen-bond acceptors (Lipinski definition) is 3. The number of benzene rings is 3. The predicted octanol–water partition coefficient (Wildman–Crippen LogP) is 3.81. The van der Waals surface area contributed by atoms with E-state index in [1.165, 1.54) is 12.1 Å². The Labute approximate surface area is 127 Å². The molecule has 0 bridgehead atoms. The number of rotatable bonds is 2. The molecule has 110 valence electrons. The van der Waals surface area contributed by atoms with Gasteiger partial charge in [0.25, 0.3) is 5.91 Å². The number of amides is 1. The molecule has 0 aromatic heterocycles. The zero-order valence-electron chi connectivity index (χ0n) is 12.0. The van der Waals surface area contributed by atoms with E-state index in [2.05, 4.69) is 5.32 Å². The van der Waals surface area contributed by atoms with Crippen LogP contribution >= 0.6 is 0 Å². The number of aromatic hydroxyl groups is 2. The first-order valence-corrected chi connectivity index (χ1v) is 6.87. The second-order valence-corrected chi connectivity index (χ2v) is 5.22. The van der Waals surface area contributed by atoms with E-state index < -0.39 is 0 Å². The molecule has 0 spiro atoms. The molecule has 1 amide bonds. The van der Waals surface area contributed by atoms with Crippen LogP contribution in [-0.4, -0.2) is 16.1 Å². The van der Waals surface area contributed by atoms with Crippen molar-refractivity contribution in [3.8, 4) is 11.5 Å². The second-order valence-electron chi connectivity index (χ2n) is 5.22. The van der Waals surface area contributed by atoms with E-state index in [0.29, 0.717) is 11.3 Å². The molecule has 0 saturated heterocycles. The molecule has 0 unspecified atom stereocenters. The van der Waals surface area contributed by atoms with Gasteiger partial charge in [-0.15, -0.1) is 0 Å². The number of aryl methyl sites for hydroxylation is 1. The van der Waals surface area contributed by atoms with Crippen LogP contribution < -0.4 is 5.32 Å². The Morgan fingerprint density at radius 1 is 0.955 bits per heavy atom. The van der Waals surface area contributed by atoms with Gasteiger partial charge >= 0.3 is 0 Å². The first-order valence-electron chi connectivity index (χ1n) is 6.87. The Morgan fingerprint density at radius 2 is 1.68 bits per heavy atom. The van der Waals surface area contributed by atoms with E-state index in [1.54, 1.807) is 30.3 Å². The third kappa shape index (κ3) is 2.72. The Morgan fingerprint density at radius 3 is 2.41 bits per heavy atom. The van der Waals surface area contributed by atoms with Gasteiger partial charge in [-0.2, -0.15) is 0 Å². The summed E-state index contributed by atoms with van der Waals surface area (Å²) in [7, 11) is 0. The third-order valence-electron chi connectivity index (χ3n) is 3.46. The number of carbonyl (C=O) groups excluding carboxylic acids is 1. The molecule has 0 fully saturated rings. The fraction of sp³-hybridized carbons (Fsp3) is 0.0556. The van der Waals surface area contributed by atoms with E-state index in [9.17, 15) is 15.0 Å². The fourth-order valence-electron chi connectivity index (χ4n) is 2.39. The maximum Gasteiger partial charge on any atom is 0.255 e. The number of phenolic OH excluding ortho intramolecular Hbond substituents is 2. The third-order valence-corrected chi connectivity index (χ3v) is 3.46. The van der Waals surface area contributed by atoms with Crippen molar-refractivity contribution in [3.63, 3.8) is 0 Å². The quantitative estimate of drug-likeness (QED) is 0.673. The summed E-state index contributed by atoms with van der Waals surface area (Å²) in [6, 6.07) is 15.0. The minimum atomic E-state index is -0.253. The Bertz CT molecular complexity index is 854. The molecule has 0 heterocycles. The summed E-state index contributed by atoms with van der Waals surface area (Å²) in [5.74, 6) is 0.0934. The topological polar surface area (TPSA) is 69.6 Å². The smallest absolute Gasteiger partial charge is 0.255 e. The van der Waals surface area contributed by atoms with Gasteiger partial charge < -0.3 is 15.5 Å². The SMILES string of the molecule is Cc1cc(O)c2ccc(NC(=O)c3ccc(O)cc3)cc2c1. The molecule has 0 atom stereocenters. The molecule has 0 aliphatic heterocycles. The highest BCUT2D eigenvalue weighted by atomic mass is 16.3. The Kier molecular flexibility index (Phi) is 3.43. The summed E-state index contributed by atoms with van der Waals surface area (Å²) < 4.78 is 0. The van der Waals surface area contributed by atoms with Crippen LogP contribution in [0.1, 0.15) is 15.9 Å². The van der Waals surface area contributed by atoms with Gasteiger partial charge in [0.1, 0.15) is 11.5 Å². The van der Waals surface area contributed by atoms with Crippen LogP contribution in [0.15, 0.2) is 54.6 Å². The van der Waals surface area contributed by atoms with Gasteiger partial charge in [-0.25, -0.2) is 0 Å². The van der Waals surface area contributed by atoms with Crippen molar-refractivity contribution >= 4 is 22.4 Å². The molecule has 22 heavy (non-hydrogen) atoms. The molecule has 0 aliphatic carbocycles. The normalized spacial score (nSPS) is 10.6. The average Bonchev–Trinajstić information content (AvgIpc) is 2.47. The van der Waals surface area contributed by atoms with E-state index in [-0.39, 0.29) is 17.4 Å². The minimum Gasteiger partial charge on any atom is -0.508 e. The summed E-state index contributed by atoms with van der Waals surface area (Å²) in [5, 5.41) is 23.6. The molecular formula is C18H15NO3. The lowest BCUT2D eigenvalue weighted by Crippen LogP contribution is -2.11. The highest BCUT2D eigenvalue weighted by molar-refractivity contribution is 6.05. The van der Waals surface area contributed by atoms with Gasteiger partial charge in [0, 0.05) is 16.6 Å². The van der Waals surface area contributed by atoms with E-state index in [4.69, 9.17) is 0 Å². The predicted molar refractivity (Wildman–Crippen MR) is 86.4 cm³/mol. The van der Waals surface area contributed by atoms with E-state index >= 15 is 0 Å². The Hall–Kier alpha value is -3.01. The molecule has 4 nitrogen and oxygen atoms in total. The standard InChI is InChI=1S/C18H15NO3/c1-11-8-13-10-14(4-7-16(13)17(21)9-11)19-18(22)12-2-5-15(20)6-3-12/h2-10,20-21H,1H3,(H,19,22). The largest absolute Gasteiger partial charge is 0.508 e. The zero-order chi connectivity index (χ0) is 15.7. The highest BCUT2D eigenvalue weighted by Gasteiger charge is 2.08. The Balaban J connectivity index is 1.90. The van der Waals surface area contributed by atoms with Gasteiger partial charge in [0.2, 0.25) is 0 Å².